The zero-order valence-electron chi connectivity index (χ0n) is 16.8. The Balaban J connectivity index is 1.59. The van der Waals surface area contributed by atoms with Crippen LogP contribution in [0.4, 0.5) is 0 Å². The zero-order chi connectivity index (χ0) is 19.7. The van der Waals surface area contributed by atoms with E-state index in [0.29, 0.717) is 23.3 Å². The molecule has 1 amide bonds. The number of pyridine rings is 1. The van der Waals surface area contributed by atoms with E-state index in [1.165, 1.54) is 31.2 Å². The average Bonchev–Trinajstić information content (AvgIpc) is 2.72. The SMILES string of the molecule is COc1ccc([C@H]2[C@@H]3CCCC[C@@H]3[C@@H]2NC(=O)c2ccc(C)nc2)cc1OC. The molecule has 148 valence electrons. The molecule has 2 aliphatic carbocycles. The number of ether oxygens (including phenoxy) is 2. The molecular formula is C23H28N2O3. The van der Waals surface area contributed by atoms with Gasteiger partial charge in [-0.15, -0.1) is 0 Å². The molecule has 0 saturated heterocycles. The third-order valence-electron chi connectivity index (χ3n) is 6.45. The summed E-state index contributed by atoms with van der Waals surface area (Å²) in [6.07, 6.45) is 6.59. The standard InChI is InChI=1S/C23H28N2O3/c1-14-8-9-16(13-24-14)23(26)25-22-18-7-5-4-6-17(18)21(22)15-10-11-19(27-2)20(12-15)28-3/h8-13,17-18,21-22H,4-7H2,1-3H3,(H,25,26)/t17-,18+,21+,22+/m1/s1. The molecule has 2 aliphatic rings. The summed E-state index contributed by atoms with van der Waals surface area (Å²) >= 11 is 0. The number of aromatic nitrogens is 1. The minimum absolute atomic E-state index is 0.0352. The van der Waals surface area contributed by atoms with E-state index < -0.39 is 0 Å². The summed E-state index contributed by atoms with van der Waals surface area (Å²) in [6, 6.07) is 10.0. The first kappa shape index (κ1) is 18.8. The second-order valence-corrected chi connectivity index (χ2v) is 7.94. The van der Waals surface area contributed by atoms with Crippen LogP contribution in [0.2, 0.25) is 0 Å². The number of benzene rings is 1. The van der Waals surface area contributed by atoms with Crippen molar-refractivity contribution < 1.29 is 14.3 Å². The Morgan fingerprint density at radius 2 is 1.79 bits per heavy atom. The predicted octanol–water partition coefficient (Wildman–Crippen LogP) is 4.11. The van der Waals surface area contributed by atoms with Crippen LogP contribution in [0.3, 0.4) is 0 Å². The Morgan fingerprint density at radius 3 is 2.46 bits per heavy atom. The molecule has 0 unspecified atom stereocenters. The monoisotopic (exact) mass is 380 g/mol. The highest BCUT2D eigenvalue weighted by Gasteiger charge is 2.52. The van der Waals surface area contributed by atoms with E-state index in [1.54, 1.807) is 20.4 Å². The number of hydrogen-bond donors (Lipinski definition) is 1. The molecule has 5 nitrogen and oxygen atoms in total. The van der Waals surface area contributed by atoms with Crippen LogP contribution in [0.15, 0.2) is 36.5 Å². The van der Waals surface area contributed by atoms with E-state index in [1.807, 2.05) is 25.1 Å². The molecule has 5 heteroatoms. The Labute approximate surface area is 166 Å². The van der Waals surface area contributed by atoms with Gasteiger partial charge in [0.25, 0.3) is 5.91 Å². The lowest BCUT2D eigenvalue weighted by Gasteiger charge is -2.55. The van der Waals surface area contributed by atoms with Crippen molar-refractivity contribution in [3.8, 4) is 11.5 Å². The van der Waals surface area contributed by atoms with Crippen molar-refractivity contribution in [2.24, 2.45) is 11.8 Å². The predicted molar refractivity (Wildman–Crippen MR) is 108 cm³/mol. The van der Waals surface area contributed by atoms with Gasteiger partial charge in [-0.05, 0) is 61.4 Å². The Morgan fingerprint density at radius 1 is 1.04 bits per heavy atom. The maximum atomic E-state index is 12.8. The fourth-order valence-corrected chi connectivity index (χ4v) is 5.02. The van der Waals surface area contributed by atoms with E-state index in [4.69, 9.17) is 9.47 Å². The minimum atomic E-state index is -0.0352. The van der Waals surface area contributed by atoms with Crippen LogP contribution in [0, 0.1) is 18.8 Å². The summed E-state index contributed by atoms with van der Waals surface area (Å²) < 4.78 is 10.9. The second-order valence-electron chi connectivity index (χ2n) is 7.94. The quantitative estimate of drug-likeness (QED) is 0.848. The molecule has 1 aromatic carbocycles. The van der Waals surface area contributed by atoms with Crippen LogP contribution in [-0.4, -0.2) is 31.2 Å². The number of fused-ring (bicyclic) bond motifs is 1. The van der Waals surface area contributed by atoms with Crippen LogP contribution in [0.25, 0.3) is 0 Å². The largest absolute Gasteiger partial charge is 0.493 e. The lowest BCUT2D eigenvalue weighted by atomic mass is 9.53. The summed E-state index contributed by atoms with van der Waals surface area (Å²) in [4.78, 5) is 17.1. The highest BCUT2D eigenvalue weighted by atomic mass is 16.5. The van der Waals surface area contributed by atoms with Gasteiger partial charge in [-0.25, -0.2) is 0 Å². The summed E-state index contributed by atoms with van der Waals surface area (Å²) in [5.74, 6) is 2.92. The van der Waals surface area contributed by atoms with E-state index in [9.17, 15) is 4.79 Å². The van der Waals surface area contributed by atoms with Crippen molar-refractivity contribution in [2.75, 3.05) is 14.2 Å². The van der Waals surface area contributed by atoms with E-state index in [-0.39, 0.29) is 11.9 Å². The molecule has 0 radical (unpaired) electrons. The fourth-order valence-electron chi connectivity index (χ4n) is 5.02. The number of carbonyl (C=O) groups excluding carboxylic acids is 1. The van der Waals surface area contributed by atoms with Gasteiger partial charge in [0, 0.05) is 23.9 Å². The molecule has 0 aliphatic heterocycles. The van der Waals surface area contributed by atoms with Crippen LogP contribution in [-0.2, 0) is 0 Å². The van der Waals surface area contributed by atoms with Gasteiger partial charge in [-0.2, -0.15) is 0 Å². The minimum Gasteiger partial charge on any atom is -0.493 e. The molecule has 0 spiro atoms. The second kappa shape index (κ2) is 7.82. The molecule has 4 atom stereocenters. The van der Waals surface area contributed by atoms with Crippen molar-refractivity contribution in [1.82, 2.24) is 10.3 Å². The van der Waals surface area contributed by atoms with Gasteiger partial charge >= 0.3 is 0 Å². The van der Waals surface area contributed by atoms with Crippen LogP contribution in [0.5, 0.6) is 11.5 Å². The number of amides is 1. The smallest absolute Gasteiger partial charge is 0.253 e. The molecule has 1 aromatic heterocycles. The van der Waals surface area contributed by atoms with Crippen molar-refractivity contribution in [3.63, 3.8) is 0 Å². The Hall–Kier alpha value is -2.56. The topological polar surface area (TPSA) is 60.5 Å². The van der Waals surface area contributed by atoms with E-state index in [0.717, 1.165) is 17.2 Å². The number of methoxy groups -OCH3 is 2. The summed E-state index contributed by atoms with van der Waals surface area (Å²) in [7, 11) is 3.31. The molecule has 2 saturated carbocycles. The number of carbonyl (C=O) groups is 1. The van der Waals surface area contributed by atoms with Crippen molar-refractivity contribution in [2.45, 2.75) is 44.6 Å². The number of nitrogens with zero attached hydrogens (tertiary/aromatic N) is 1. The summed E-state index contributed by atoms with van der Waals surface area (Å²) in [5, 5.41) is 3.31. The molecule has 0 bridgehead atoms. The van der Waals surface area contributed by atoms with Crippen LogP contribution in [0.1, 0.15) is 53.2 Å². The van der Waals surface area contributed by atoms with Gasteiger partial charge in [0.1, 0.15) is 0 Å². The molecule has 1 heterocycles. The number of rotatable bonds is 5. The van der Waals surface area contributed by atoms with Gasteiger partial charge in [0.15, 0.2) is 11.5 Å². The maximum Gasteiger partial charge on any atom is 0.253 e. The summed E-state index contributed by atoms with van der Waals surface area (Å²) in [6.45, 7) is 1.92. The zero-order valence-corrected chi connectivity index (χ0v) is 16.8. The Bertz CT molecular complexity index is 849. The van der Waals surface area contributed by atoms with Crippen LogP contribution >= 0.6 is 0 Å². The highest BCUT2D eigenvalue weighted by molar-refractivity contribution is 5.94. The Kier molecular flexibility index (Phi) is 5.25. The van der Waals surface area contributed by atoms with Crippen molar-refractivity contribution in [3.05, 3.63) is 53.3 Å². The van der Waals surface area contributed by atoms with Gasteiger partial charge in [-0.3, -0.25) is 9.78 Å². The first-order valence-corrected chi connectivity index (χ1v) is 10.1. The summed E-state index contributed by atoms with van der Waals surface area (Å²) in [5.41, 5.74) is 2.75. The lowest BCUT2D eigenvalue weighted by Crippen LogP contribution is -2.59. The van der Waals surface area contributed by atoms with E-state index >= 15 is 0 Å². The first-order valence-electron chi connectivity index (χ1n) is 10.1. The first-order chi connectivity index (χ1) is 13.6. The maximum absolute atomic E-state index is 12.8. The molecule has 4 rings (SSSR count). The number of nitrogens with one attached hydrogen (secondary N) is 1. The van der Waals surface area contributed by atoms with Crippen molar-refractivity contribution in [1.29, 1.82) is 0 Å². The average molecular weight is 380 g/mol. The van der Waals surface area contributed by atoms with Crippen molar-refractivity contribution >= 4 is 5.91 Å². The molecule has 2 fully saturated rings. The molecule has 2 aromatic rings. The molecule has 1 N–H and O–H groups in total. The van der Waals surface area contributed by atoms with Gasteiger partial charge < -0.3 is 14.8 Å². The third kappa shape index (κ3) is 3.34. The molecular weight excluding hydrogens is 352 g/mol. The van der Waals surface area contributed by atoms with Gasteiger partial charge in [0.05, 0.1) is 19.8 Å². The van der Waals surface area contributed by atoms with E-state index in [2.05, 4.69) is 22.4 Å². The van der Waals surface area contributed by atoms with Crippen LogP contribution < -0.4 is 14.8 Å². The number of hydrogen-bond acceptors (Lipinski definition) is 4. The third-order valence-corrected chi connectivity index (χ3v) is 6.45. The number of aryl methyl sites for hydroxylation is 1. The molecule has 28 heavy (non-hydrogen) atoms. The highest BCUT2D eigenvalue weighted by Crippen LogP contribution is 2.55. The van der Waals surface area contributed by atoms with Gasteiger partial charge in [0.2, 0.25) is 0 Å². The van der Waals surface area contributed by atoms with Gasteiger partial charge in [-0.1, -0.05) is 18.9 Å². The normalized spacial score (nSPS) is 26.0. The lowest BCUT2D eigenvalue weighted by molar-refractivity contribution is 0.0251. The fraction of sp³-hybridized carbons (Fsp3) is 0.478.